The summed E-state index contributed by atoms with van der Waals surface area (Å²) in [5.74, 6) is -0.00273. The maximum atomic E-state index is 12.3. The van der Waals surface area contributed by atoms with Crippen LogP contribution in [0.1, 0.15) is 48.5 Å². The van der Waals surface area contributed by atoms with Gasteiger partial charge < -0.3 is 19.5 Å². The van der Waals surface area contributed by atoms with E-state index in [1.54, 1.807) is 0 Å². The van der Waals surface area contributed by atoms with Gasteiger partial charge in [0.2, 0.25) is 0 Å². The fourth-order valence-corrected chi connectivity index (χ4v) is 3.73. The van der Waals surface area contributed by atoms with E-state index in [1.807, 2.05) is 24.3 Å². The van der Waals surface area contributed by atoms with Gasteiger partial charge >= 0.3 is 0 Å². The van der Waals surface area contributed by atoms with Gasteiger partial charge in [0.25, 0.3) is 5.91 Å². The van der Waals surface area contributed by atoms with Crippen LogP contribution in [0.15, 0.2) is 24.3 Å². The zero-order valence-electron chi connectivity index (χ0n) is 15.1. The smallest absolute Gasteiger partial charge is 0.251 e. The molecule has 25 heavy (non-hydrogen) atoms. The maximum Gasteiger partial charge on any atom is 0.251 e. The van der Waals surface area contributed by atoms with Crippen LogP contribution in [-0.2, 0) is 20.6 Å². The Bertz CT molecular complexity index is 545. The third kappa shape index (κ3) is 4.60. The van der Waals surface area contributed by atoms with E-state index < -0.39 is 0 Å². The molecule has 0 aromatic heterocycles. The van der Waals surface area contributed by atoms with Crippen LogP contribution in [0.25, 0.3) is 0 Å². The number of hydrogen-bond acceptors (Lipinski definition) is 4. The molecule has 5 nitrogen and oxygen atoms in total. The number of aryl methyl sites for hydroxylation is 1. The van der Waals surface area contributed by atoms with Gasteiger partial charge in [0.1, 0.15) is 0 Å². The van der Waals surface area contributed by atoms with Gasteiger partial charge in [-0.2, -0.15) is 0 Å². The van der Waals surface area contributed by atoms with Crippen LogP contribution in [0.4, 0.5) is 0 Å². The van der Waals surface area contributed by atoms with Crippen LogP contribution in [0.2, 0.25) is 0 Å². The molecule has 0 spiro atoms. The van der Waals surface area contributed by atoms with Gasteiger partial charge in [-0.05, 0) is 49.8 Å². The number of rotatable bonds is 7. The monoisotopic (exact) mass is 347 g/mol. The predicted octanol–water partition coefficient (Wildman–Crippen LogP) is 2.93. The minimum absolute atomic E-state index is 0.00273. The Balaban J connectivity index is 1.47. The SMILES string of the molecule is CCc1ccc(C(=O)NCCCC2(C3OCCO3)CCOCC2)cc1. The van der Waals surface area contributed by atoms with Crippen LogP contribution in [-0.4, -0.2) is 45.2 Å². The molecule has 1 aromatic carbocycles. The molecule has 0 bridgehead atoms. The highest BCUT2D eigenvalue weighted by Crippen LogP contribution is 2.42. The van der Waals surface area contributed by atoms with Gasteiger partial charge in [-0.25, -0.2) is 0 Å². The number of carbonyl (C=O) groups is 1. The minimum atomic E-state index is -0.117. The molecule has 1 N–H and O–H groups in total. The van der Waals surface area contributed by atoms with Gasteiger partial charge in [-0.15, -0.1) is 0 Å². The second kappa shape index (κ2) is 8.79. The molecule has 0 radical (unpaired) electrons. The Labute approximate surface area is 150 Å². The summed E-state index contributed by atoms with van der Waals surface area (Å²) in [6, 6.07) is 7.82. The molecule has 0 saturated carbocycles. The first-order valence-electron chi connectivity index (χ1n) is 9.42. The Morgan fingerprint density at radius 1 is 1.12 bits per heavy atom. The van der Waals surface area contributed by atoms with Crippen LogP contribution < -0.4 is 5.32 Å². The van der Waals surface area contributed by atoms with Crippen LogP contribution in [0.5, 0.6) is 0 Å². The maximum absolute atomic E-state index is 12.3. The molecule has 0 atom stereocenters. The Morgan fingerprint density at radius 2 is 1.80 bits per heavy atom. The molecule has 2 aliphatic heterocycles. The lowest BCUT2D eigenvalue weighted by atomic mass is 9.75. The van der Waals surface area contributed by atoms with Gasteiger partial charge in [-0.1, -0.05) is 19.1 Å². The van der Waals surface area contributed by atoms with Crippen molar-refractivity contribution in [3.8, 4) is 0 Å². The zero-order chi connectivity index (χ0) is 17.5. The highest BCUT2D eigenvalue weighted by atomic mass is 16.7. The lowest BCUT2D eigenvalue weighted by molar-refractivity contribution is -0.168. The minimum Gasteiger partial charge on any atom is -0.381 e. The van der Waals surface area contributed by atoms with Crippen molar-refractivity contribution < 1.29 is 19.0 Å². The topological polar surface area (TPSA) is 56.8 Å². The summed E-state index contributed by atoms with van der Waals surface area (Å²) in [4.78, 5) is 12.3. The van der Waals surface area contributed by atoms with Crippen molar-refractivity contribution in [2.45, 2.75) is 45.3 Å². The molecule has 1 amide bonds. The van der Waals surface area contributed by atoms with Crippen molar-refractivity contribution in [1.29, 1.82) is 0 Å². The van der Waals surface area contributed by atoms with Crippen molar-refractivity contribution in [2.75, 3.05) is 33.0 Å². The largest absolute Gasteiger partial charge is 0.381 e. The number of benzene rings is 1. The summed E-state index contributed by atoms with van der Waals surface area (Å²) in [7, 11) is 0. The molecule has 138 valence electrons. The van der Waals surface area contributed by atoms with E-state index in [2.05, 4.69) is 12.2 Å². The average Bonchev–Trinajstić information content (AvgIpc) is 3.21. The quantitative estimate of drug-likeness (QED) is 0.771. The third-order valence-corrected chi connectivity index (χ3v) is 5.37. The number of ether oxygens (including phenoxy) is 3. The molecule has 3 rings (SSSR count). The zero-order valence-corrected chi connectivity index (χ0v) is 15.1. The number of nitrogens with one attached hydrogen (secondary N) is 1. The standard InChI is InChI=1S/C20H29NO4/c1-2-16-4-6-17(7-5-16)18(22)21-11-3-8-20(9-12-23-13-10-20)19-24-14-15-25-19/h4-7,19H,2-3,8-15H2,1H3,(H,21,22). The molecule has 1 aromatic rings. The predicted molar refractivity (Wildman–Crippen MR) is 95.6 cm³/mol. The summed E-state index contributed by atoms with van der Waals surface area (Å²) < 4.78 is 17.1. The molecule has 2 aliphatic rings. The molecule has 0 unspecified atom stereocenters. The lowest BCUT2D eigenvalue weighted by Crippen LogP contribution is -2.41. The van der Waals surface area contributed by atoms with E-state index >= 15 is 0 Å². The first-order chi connectivity index (χ1) is 12.2. The van der Waals surface area contributed by atoms with Crippen molar-refractivity contribution in [3.63, 3.8) is 0 Å². The molecule has 2 heterocycles. The van der Waals surface area contributed by atoms with E-state index in [0.29, 0.717) is 19.8 Å². The summed E-state index contributed by atoms with van der Waals surface area (Å²) in [5, 5.41) is 3.03. The van der Waals surface area contributed by atoms with Crippen LogP contribution >= 0.6 is 0 Å². The molecule has 2 saturated heterocycles. The Hall–Kier alpha value is -1.43. The lowest BCUT2D eigenvalue weighted by Gasteiger charge is -2.40. The van der Waals surface area contributed by atoms with E-state index in [1.165, 1.54) is 5.56 Å². The summed E-state index contributed by atoms with van der Waals surface area (Å²) >= 11 is 0. The van der Waals surface area contributed by atoms with Crippen molar-refractivity contribution >= 4 is 5.91 Å². The van der Waals surface area contributed by atoms with Crippen LogP contribution in [0.3, 0.4) is 0 Å². The molecular weight excluding hydrogens is 318 g/mol. The number of hydrogen-bond donors (Lipinski definition) is 1. The number of carbonyl (C=O) groups excluding carboxylic acids is 1. The van der Waals surface area contributed by atoms with E-state index in [9.17, 15) is 4.79 Å². The van der Waals surface area contributed by atoms with Crippen molar-refractivity contribution in [1.82, 2.24) is 5.32 Å². The Morgan fingerprint density at radius 3 is 2.44 bits per heavy atom. The number of amides is 1. The second-order valence-electron chi connectivity index (χ2n) is 6.96. The molecule has 5 heteroatoms. The summed E-state index contributed by atoms with van der Waals surface area (Å²) in [5.41, 5.74) is 2.00. The highest BCUT2D eigenvalue weighted by Gasteiger charge is 2.43. The van der Waals surface area contributed by atoms with Crippen molar-refractivity contribution in [3.05, 3.63) is 35.4 Å². The van der Waals surface area contributed by atoms with E-state index in [4.69, 9.17) is 14.2 Å². The summed E-state index contributed by atoms with van der Waals surface area (Å²) in [6.07, 6.45) is 4.69. The van der Waals surface area contributed by atoms with Gasteiger partial charge in [0.05, 0.1) is 13.2 Å². The average molecular weight is 347 g/mol. The molecule has 2 fully saturated rings. The first-order valence-corrected chi connectivity index (χ1v) is 9.42. The van der Waals surface area contributed by atoms with E-state index in [-0.39, 0.29) is 17.6 Å². The normalized spacial score (nSPS) is 20.5. The van der Waals surface area contributed by atoms with Gasteiger partial charge in [0.15, 0.2) is 6.29 Å². The second-order valence-corrected chi connectivity index (χ2v) is 6.96. The highest BCUT2D eigenvalue weighted by molar-refractivity contribution is 5.94. The Kier molecular flexibility index (Phi) is 6.45. The van der Waals surface area contributed by atoms with Crippen molar-refractivity contribution in [2.24, 2.45) is 5.41 Å². The van der Waals surface area contributed by atoms with Gasteiger partial charge in [0, 0.05) is 30.7 Å². The summed E-state index contributed by atoms with van der Waals surface area (Å²) in [6.45, 7) is 5.66. The molecular formula is C20H29NO4. The third-order valence-electron chi connectivity index (χ3n) is 5.37. The first kappa shape index (κ1) is 18.4. The fraction of sp³-hybridized carbons (Fsp3) is 0.650. The van der Waals surface area contributed by atoms with E-state index in [0.717, 1.165) is 50.9 Å². The fourth-order valence-electron chi connectivity index (χ4n) is 3.73. The molecule has 0 aliphatic carbocycles. The van der Waals surface area contributed by atoms with Crippen LogP contribution in [0, 0.1) is 5.41 Å². The van der Waals surface area contributed by atoms with Gasteiger partial charge in [-0.3, -0.25) is 4.79 Å².